The lowest BCUT2D eigenvalue weighted by Gasteiger charge is -2.14. The van der Waals surface area contributed by atoms with Crippen LogP contribution in [0.3, 0.4) is 0 Å². The summed E-state index contributed by atoms with van der Waals surface area (Å²) in [5.41, 5.74) is 0.804. The van der Waals surface area contributed by atoms with Crippen molar-refractivity contribution in [2.45, 2.75) is 12.7 Å². The van der Waals surface area contributed by atoms with Crippen molar-refractivity contribution in [3.05, 3.63) is 48.0 Å². The molecule has 2 aromatic heterocycles. The third-order valence-corrected chi connectivity index (χ3v) is 4.20. The van der Waals surface area contributed by atoms with Crippen LogP contribution in [0.4, 0.5) is 18.3 Å². The molecule has 0 saturated carbocycles. The molecule has 0 amide bonds. The lowest BCUT2D eigenvalue weighted by molar-refractivity contribution is -0.137. The first kappa shape index (κ1) is 14.7. The van der Waals surface area contributed by atoms with Gasteiger partial charge in [0, 0.05) is 31.5 Å². The van der Waals surface area contributed by atoms with Gasteiger partial charge in [-0.25, -0.2) is 15.0 Å². The van der Waals surface area contributed by atoms with Gasteiger partial charge in [-0.3, -0.25) is 0 Å². The van der Waals surface area contributed by atoms with Gasteiger partial charge in [-0.2, -0.15) is 13.2 Å². The lowest BCUT2D eigenvalue weighted by atomic mass is 10.2. The molecule has 3 aromatic rings. The minimum atomic E-state index is -4.34. The fourth-order valence-electron chi connectivity index (χ4n) is 2.01. The van der Waals surface area contributed by atoms with Gasteiger partial charge in [-0.15, -0.1) is 0 Å². The molecule has 0 saturated heterocycles. The second-order valence-electron chi connectivity index (χ2n) is 4.78. The van der Waals surface area contributed by atoms with E-state index in [1.807, 2.05) is 11.9 Å². The van der Waals surface area contributed by atoms with Crippen LogP contribution in [0.5, 0.6) is 0 Å². The highest BCUT2D eigenvalue weighted by Gasteiger charge is 2.30. The van der Waals surface area contributed by atoms with Crippen molar-refractivity contribution in [3.63, 3.8) is 0 Å². The number of halogens is 3. The molecule has 2 heterocycles. The van der Waals surface area contributed by atoms with E-state index in [2.05, 4.69) is 15.0 Å². The first-order chi connectivity index (χ1) is 10.4. The van der Waals surface area contributed by atoms with Gasteiger partial charge in [0.05, 0.1) is 15.8 Å². The normalized spacial score (nSPS) is 11.8. The summed E-state index contributed by atoms with van der Waals surface area (Å²) in [6.07, 6.45) is 0.489. The molecule has 0 bridgehead atoms. The summed E-state index contributed by atoms with van der Waals surface area (Å²) in [6.45, 7) is 0.535. The van der Waals surface area contributed by atoms with Gasteiger partial charge < -0.3 is 4.90 Å². The number of rotatable bonds is 3. The smallest absolute Gasteiger partial charge is 0.347 e. The Balaban J connectivity index is 1.88. The maximum atomic E-state index is 12.7. The fourth-order valence-corrected chi connectivity index (χ4v) is 2.97. The number of thiazole rings is 1. The Morgan fingerprint density at radius 2 is 1.91 bits per heavy atom. The van der Waals surface area contributed by atoms with E-state index in [0.717, 1.165) is 17.7 Å². The average molecular weight is 324 g/mol. The maximum absolute atomic E-state index is 12.7. The van der Waals surface area contributed by atoms with Crippen LogP contribution in [0.2, 0.25) is 0 Å². The number of benzene rings is 1. The van der Waals surface area contributed by atoms with Gasteiger partial charge in [0.25, 0.3) is 0 Å². The molecule has 0 spiro atoms. The molecular formula is C14H11F3N4S. The molecule has 0 N–H and O–H groups in total. The Morgan fingerprint density at radius 1 is 1.18 bits per heavy atom. The molecule has 3 rings (SSSR count). The second kappa shape index (κ2) is 5.53. The lowest BCUT2D eigenvalue weighted by Crippen LogP contribution is -2.16. The molecule has 0 aliphatic heterocycles. The molecule has 1 aromatic carbocycles. The maximum Gasteiger partial charge on any atom is 0.416 e. The highest BCUT2D eigenvalue weighted by molar-refractivity contribution is 7.22. The molecule has 0 fully saturated rings. The van der Waals surface area contributed by atoms with Crippen molar-refractivity contribution in [2.75, 3.05) is 11.9 Å². The molecule has 0 atom stereocenters. The van der Waals surface area contributed by atoms with Crippen LogP contribution in [0.1, 0.15) is 11.1 Å². The minimum Gasteiger partial charge on any atom is -0.347 e. The second-order valence-corrected chi connectivity index (χ2v) is 5.79. The van der Waals surface area contributed by atoms with Crippen LogP contribution < -0.4 is 4.90 Å². The summed E-state index contributed by atoms with van der Waals surface area (Å²) in [5, 5.41) is 0.651. The van der Waals surface area contributed by atoms with E-state index in [1.54, 1.807) is 12.4 Å². The van der Waals surface area contributed by atoms with E-state index in [4.69, 9.17) is 0 Å². The minimum absolute atomic E-state index is 0.515. The van der Waals surface area contributed by atoms with Gasteiger partial charge in [-0.1, -0.05) is 11.3 Å². The summed E-state index contributed by atoms with van der Waals surface area (Å²) < 4.78 is 38.7. The molecule has 0 unspecified atom stereocenters. The molecular weight excluding hydrogens is 313 g/mol. The zero-order valence-corrected chi connectivity index (χ0v) is 12.3. The van der Waals surface area contributed by atoms with E-state index >= 15 is 0 Å². The molecule has 8 heteroatoms. The number of alkyl halides is 3. The van der Waals surface area contributed by atoms with Gasteiger partial charge in [-0.05, 0) is 18.2 Å². The van der Waals surface area contributed by atoms with E-state index in [1.165, 1.54) is 23.7 Å². The SMILES string of the molecule is CN(Cc1cncnc1)c1nc2ccc(C(F)(F)F)cc2s1. The van der Waals surface area contributed by atoms with Crippen molar-refractivity contribution >= 4 is 26.7 Å². The van der Waals surface area contributed by atoms with Crippen molar-refractivity contribution in [1.82, 2.24) is 15.0 Å². The zero-order valence-electron chi connectivity index (χ0n) is 11.5. The highest BCUT2D eigenvalue weighted by Crippen LogP contribution is 2.35. The van der Waals surface area contributed by atoms with Crippen molar-refractivity contribution in [2.24, 2.45) is 0 Å². The molecule has 4 nitrogen and oxygen atoms in total. The van der Waals surface area contributed by atoms with Crippen LogP contribution >= 0.6 is 11.3 Å². The van der Waals surface area contributed by atoms with Gasteiger partial charge >= 0.3 is 6.18 Å². The van der Waals surface area contributed by atoms with Crippen molar-refractivity contribution < 1.29 is 13.2 Å². The van der Waals surface area contributed by atoms with E-state index in [9.17, 15) is 13.2 Å². The summed E-state index contributed by atoms with van der Waals surface area (Å²) in [7, 11) is 1.83. The Hall–Kier alpha value is -2.22. The molecule has 0 radical (unpaired) electrons. The summed E-state index contributed by atoms with van der Waals surface area (Å²) in [5.74, 6) is 0. The van der Waals surface area contributed by atoms with Crippen LogP contribution in [-0.2, 0) is 12.7 Å². The third kappa shape index (κ3) is 3.01. The predicted molar refractivity (Wildman–Crippen MR) is 78.8 cm³/mol. The number of hydrogen-bond acceptors (Lipinski definition) is 5. The molecule has 0 aliphatic rings. The Labute approximate surface area is 128 Å². The van der Waals surface area contributed by atoms with E-state index in [0.29, 0.717) is 21.9 Å². The fraction of sp³-hybridized carbons (Fsp3) is 0.214. The van der Waals surface area contributed by atoms with Crippen LogP contribution in [-0.4, -0.2) is 22.0 Å². The number of fused-ring (bicyclic) bond motifs is 1. The Morgan fingerprint density at radius 3 is 2.59 bits per heavy atom. The van der Waals surface area contributed by atoms with E-state index < -0.39 is 11.7 Å². The Bertz CT molecular complexity index is 786. The topological polar surface area (TPSA) is 41.9 Å². The summed E-state index contributed by atoms with van der Waals surface area (Å²) in [6, 6.07) is 3.59. The first-order valence-electron chi connectivity index (χ1n) is 6.36. The standard InChI is InChI=1S/C14H11F3N4S/c1-21(7-9-5-18-8-19-6-9)13-20-11-3-2-10(14(15,16)17)4-12(11)22-13/h2-6,8H,7H2,1H3. The molecule has 0 aliphatic carbocycles. The van der Waals surface area contributed by atoms with Gasteiger partial charge in [0.2, 0.25) is 0 Å². The van der Waals surface area contributed by atoms with Gasteiger partial charge in [0.1, 0.15) is 6.33 Å². The summed E-state index contributed by atoms with van der Waals surface area (Å²) >= 11 is 1.23. The predicted octanol–water partition coefficient (Wildman–Crippen LogP) is 3.74. The van der Waals surface area contributed by atoms with Crippen LogP contribution in [0.15, 0.2) is 36.9 Å². The molecule has 114 valence electrons. The quantitative estimate of drug-likeness (QED) is 0.736. The summed E-state index contributed by atoms with van der Waals surface area (Å²) in [4.78, 5) is 14.1. The average Bonchev–Trinajstić information content (AvgIpc) is 2.90. The zero-order chi connectivity index (χ0) is 15.7. The largest absolute Gasteiger partial charge is 0.416 e. The third-order valence-electron chi connectivity index (χ3n) is 3.06. The molecule has 22 heavy (non-hydrogen) atoms. The van der Waals surface area contributed by atoms with Crippen molar-refractivity contribution in [1.29, 1.82) is 0 Å². The van der Waals surface area contributed by atoms with Crippen molar-refractivity contribution in [3.8, 4) is 0 Å². The van der Waals surface area contributed by atoms with Gasteiger partial charge in [0.15, 0.2) is 5.13 Å². The van der Waals surface area contributed by atoms with Crippen LogP contribution in [0, 0.1) is 0 Å². The first-order valence-corrected chi connectivity index (χ1v) is 7.18. The number of hydrogen-bond donors (Lipinski definition) is 0. The number of nitrogens with zero attached hydrogens (tertiary/aromatic N) is 4. The van der Waals surface area contributed by atoms with Crippen LogP contribution in [0.25, 0.3) is 10.2 Å². The van der Waals surface area contributed by atoms with E-state index in [-0.39, 0.29) is 0 Å². The number of aromatic nitrogens is 3. The Kier molecular flexibility index (Phi) is 3.69. The monoisotopic (exact) mass is 324 g/mol. The highest BCUT2D eigenvalue weighted by atomic mass is 32.1. The number of anilines is 1.